The summed E-state index contributed by atoms with van der Waals surface area (Å²) in [6, 6.07) is 8.83. The van der Waals surface area contributed by atoms with E-state index in [-0.39, 0.29) is 0 Å². The first-order valence-electron chi connectivity index (χ1n) is 4.33. The first kappa shape index (κ1) is 8.38. The molecule has 0 fully saturated rings. The number of hydrogen-bond acceptors (Lipinski definition) is 0. The fourth-order valence-electron chi connectivity index (χ4n) is 1.17. The normalized spacial score (nSPS) is 9.73. The zero-order chi connectivity index (χ0) is 8.27. The van der Waals surface area contributed by atoms with Crippen LogP contribution in [0.5, 0.6) is 0 Å². The van der Waals surface area contributed by atoms with Crippen molar-refractivity contribution in [2.45, 2.75) is 27.0 Å². The van der Waals surface area contributed by atoms with Crippen LogP contribution in [0.4, 0.5) is 0 Å². The predicted molar refractivity (Wildman–Crippen MR) is 52.9 cm³/mol. The SMILES string of the molecule is CCc1cccc(B(C)C)c1. The van der Waals surface area contributed by atoms with Crippen molar-refractivity contribution in [3.05, 3.63) is 29.8 Å². The Balaban J connectivity index is 2.91. The van der Waals surface area contributed by atoms with Crippen molar-refractivity contribution in [1.29, 1.82) is 0 Å². The van der Waals surface area contributed by atoms with Gasteiger partial charge in [-0.15, -0.1) is 0 Å². The fraction of sp³-hybridized carbons (Fsp3) is 0.400. The summed E-state index contributed by atoms with van der Waals surface area (Å²) in [6.45, 7) is 7.31. The first-order valence-corrected chi connectivity index (χ1v) is 4.33. The number of hydrogen-bond donors (Lipinski definition) is 0. The lowest BCUT2D eigenvalue weighted by Gasteiger charge is -2.03. The van der Waals surface area contributed by atoms with E-state index in [4.69, 9.17) is 0 Å². The van der Waals surface area contributed by atoms with E-state index in [0.717, 1.165) is 6.42 Å². The molecule has 0 amide bonds. The van der Waals surface area contributed by atoms with E-state index in [1.54, 1.807) is 0 Å². The quantitative estimate of drug-likeness (QED) is 0.561. The molecule has 0 radical (unpaired) electrons. The maximum absolute atomic E-state index is 2.30. The molecule has 0 unspecified atom stereocenters. The topological polar surface area (TPSA) is 0 Å². The van der Waals surface area contributed by atoms with Crippen molar-refractivity contribution in [2.24, 2.45) is 0 Å². The van der Waals surface area contributed by atoms with Crippen LogP contribution in [-0.2, 0) is 6.42 Å². The van der Waals surface area contributed by atoms with Gasteiger partial charge in [0.2, 0.25) is 0 Å². The van der Waals surface area contributed by atoms with Crippen molar-refractivity contribution in [2.75, 3.05) is 0 Å². The van der Waals surface area contributed by atoms with Gasteiger partial charge < -0.3 is 0 Å². The van der Waals surface area contributed by atoms with Gasteiger partial charge in [-0.05, 0) is 12.0 Å². The highest BCUT2D eigenvalue weighted by Gasteiger charge is 2.01. The first-order chi connectivity index (χ1) is 5.24. The van der Waals surface area contributed by atoms with Gasteiger partial charge in [-0.2, -0.15) is 0 Å². The molecule has 0 bridgehead atoms. The van der Waals surface area contributed by atoms with Crippen LogP contribution in [-0.4, -0.2) is 6.71 Å². The largest absolute Gasteiger partial charge is 0.169 e. The molecule has 0 aromatic heterocycles. The predicted octanol–water partition coefficient (Wildman–Crippen LogP) is 2.21. The minimum atomic E-state index is 0.654. The Labute approximate surface area is 69.7 Å². The monoisotopic (exact) mass is 146 g/mol. The average molecular weight is 146 g/mol. The van der Waals surface area contributed by atoms with Gasteiger partial charge in [0, 0.05) is 0 Å². The highest BCUT2D eigenvalue weighted by molar-refractivity contribution is 6.70. The molecule has 0 N–H and O–H groups in total. The van der Waals surface area contributed by atoms with Crippen LogP contribution in [0.25, 0.3) is 0 Å². The standard InChI is InChI=1S/C10H15B/c1-4-9-6-5-7-10(8-9)11(2)3/h5-8H,4H2,1-3H3. The fourth-order valence-corrected chi connectivity index (χ4v) is 1.17. The summed E-state index contributed by atoms with van der Waals surface area (Å²) in [4.78, 5) is 0. The Hall–Kier alpha value is -0.715. The summed E-state index contributed by atoms with van der Waals surface area (Å²) in [5.41, 5.74) is 2.89. The van der Waals surface area contributed by atoms with Crippen LogP contribution >= 0.6 is 0 Å². The van der Waals surface area contributed by atoms with Crippen LogP contribution in [0.3, 0.4) is 0 Å². The van der Waals surface area contributed by atoms with E-state index in [1.807, 2.05) is 0 Å². The summed E-state index contributed by atoms with van der Waals surface area (Å²) >= 11 is 0. The molecule has 0 spiro atoms. The van der Waals surface area contributed by atoms with Gasteiger partial charge in [-0.3, -0.25) is 0 Å². The molecule has 0 saturated heterocycles. The molecule has 1 rings (SSSR count). The van der Waals surface area contributed by atoms with E-state index < -0.39 is 0 Å². The second kappa shape index (κ2) is 3.61. The second-order valence-corrected chi connectivity index (χ2v) is 3.25. The summed E-state index contributed by atoms with van der Waals surface area (Å²) in [7, 11) is 0. The Kier molecular flexibility index (Phi) is 2.75. The average Bonchev–Trinajstić information content (AvgIpc) is 2.05. The minimum Gasteiger partial charge on any atom is -0.0819 e. The molecule has 0 nitrogen and oxygen atoms in total. The van der Waals surface area contributed by atoms with Crippen LogP contribution in [0.1, 0.15) is 12.5 Å². The van der Waals surface area contributed by atoms with Gasteiger partial charge in [0.15, 0.2) is 6.71 Å². The van der Waals surface area contributed by atoms with Crippen LogP contribution in [0.2, 0.25) is 13.6 Å². The third kappa shape index (κ3) is 2.11. The van der Waals surface area contributed by atoms with Crippen molar-refractivity contribution < 1.29 is 0 Å². The summed E-state index contributed by atoms with van der Waals surface area (Å²) < 4.78 is 0. The van der Waals surface area contributed by atoms with Crippen LogP contribution in [0, 0.1) is 0 Å². The molecule has 0 aliphatic heterocycles. The lowest BCUT2D eigenvalue weighted by molar-refractivity contribution is 1.14. The molecule has 58 valence electrons. The molecule has 0 atom stereocenters. The maximum Gasteiger partial charge on any atom is 0.169 e. The zero-order valence-electron chi connectivity index (χ0n) is 7.59. The molecular formula is C10H15B. The van der Waals surface area contributed by atoms with Gasteiger partial charge >= 0.3 is 0 Å². The Morgan fingerprint density at radius 2 is 2.00 bits per heavy atom. The lowest BCUT2D eigenvalue weighted by Crippen LogP contribution is -2.22. The molecular weight excluding hydrogens is 131 g/mol. The third-order valence-corrected chi connectivity index (χ3v) is 2.03. The number of rotatable bonds is 2. The summed E-state index contributed by atoms with van der Waals surface area (Å²) in [5, 5.41) is 0. The van der Waals surface area contributed by atoms with Gasteiger partial charge in [-0.25, -0.2) is 0 Å². The van der Waals surface area contributed by atoms with Gasteiger partial charge in [-0.1, -0.05) is 50.3 Å². The Morgan fingerprint density at radius 3 is 2.55 bits per heavy atom. The van der Waals surface area contributed by atoms with E-state index in [1.165, 1.54) is 11.0 Å². The van der Waals surface area contributed by atoms with Crippen molar-refractivity contribution >= 4 is 12.2 Å². The van der Waals surface area contributed by atoms with Crippen LogP contribution < -0.4 is 5.46 Å². The third-order valence-electron chi connectivity index (χ3n) is 2.03. The van der Waals surface area contributed by atoms with Gasteiger partial charge in [0.05, 0.1) is 0 Å². The maximum atomic E-state index is 2.30. The molecule has 0 heterocycles. The molecule has 1 aromatic carbocycles. The number of benzene rings is 1. The van der Waals surface area contributed by atoms with Gasteiger partial charge in [0.25, 0.3) is 0 Å². The van der Waals surface area contributed by atoms with Crippen LogP contribution in [0.15, 0.2) is 24.3 Å². The minimum absolute atomic E-state index is 0.654. The van der Waals surface area contributed by atoms with E-state index in [9.17, 15) is 0 Å². The molecule has 1 aromatic rings. The van der Waals surface area contributed by atoms with Crippen molar-refractivity contribution in [3.63, 3.8) is 0 Å². The molecule has 0 saturated carbocycles. The highest BCUT2D eigenvalue weighted by Crippen LogP contribution is 1.98. The molecule has 0 aliphatic carbocycles. The Morgan fingerprint density at radius 1 is 1.27 bits per heavy atom. The van der Waals surface area contributed by atoms with Crippen molar-refractivity contribution in [1.82, 2.24) is 0 Å². The van der Waals surface area contributed by atoms with E-state index in [0.29, 0.717) is 6.71 Å². The molecule has 11 heavy (non-hydrogen) atoms. The lowest BCUT2D eigenvalue weighted by atomic mass is 9.49. The summed E-state index contributed by atoms with van der Waals surface area (Å²) in [6.07, 6.45) is 1.14. The van der Waals surface area contributed by atoms with Gasteiger partial charge in [0.1, 0.15) is 0 Å². The highest BCUT2D eigenvalue weighted by atomic mass is 13.9. The summed E-state index contributed by atoms with van der Waals surface area (Å²) in [5.74, 6) is 0. The molecule has 0 aliphatic rings. The van der Waals surface area contributed by atoms with E-state index in [2.05, 4.69) is 44.8 Å². The second-order valence-electron chi connectivity index (χ2n) is 3.25. The van der Waals surface area contributed by atoms with Crippen molar-refractivity contribution in [3.8, 4) is 0 Å². The zero-order valence-corrected chi connectivity index (χ0v) is 7.59. The van der Waals surface area contributed by atoms with E-state index >= 15 is 0 Å². The molecule has 1 heteroatoms. The number of aryl methyl sites for hydroxylation is 1. The smallest absolute Gasteiger partial charge is 0.0819 e. The Bertz CT molecular complexity index is 228.